The lowest BCUT2D eigenvalue weighted by atomic mass is 10.0. The Balaban J connectivity index is 2.63. The van der Waals surface area contributed by atoms with Crippen LogP contribution >= 0.6 is 0 Å². The van der Waals surface area contributed by atoms with Gasteiger partial charge in [-0.15, -0.1) is 0 Å². The van der Waals surface area contributed by atoms with Crippen LogP contribution in [0.1, 0.15) is 47.5 Å². The summed E-state index contributed by atoms with van der Waals surface area (Å²) in [5.41, 5.74) is -0.0107. The zero-order valence-corrected chi connectivity index (χ0v) is 14.0. The normalized spacial score (nSPS) is 24.4. The number of hydrogen-bond acceptors (Lipinski definition) is 2. The monoisotopic (exact) mass is 271 g/mol. The van der Waals surface area contributed by atoms with Crippen molar-refractivity contribution >= 4 is 14.7 Å². The fourth-order valence-corrected chi connectivity index (χ4v) is 3.24. The van der Waals surface area contributed by atoms with Gasteiger partial charge in [0.05, 0.1) is 12.6 Å². The SMILES string of the molecule is CC1(C)CC[C@H](CO[Si](C)(C)C(C)(C)C)N1C=O. The highest BCUT2D eigenvalue weighted by atomic mass is 28.4. The Morgan fingerprint density at radius 3 is 2.39 bits per heavy atom. The van der Waals surface area contributed by atoms with Crippen LogP contribution in [-0.4, -0.2) is 37.8 Å². The second kappa shape index (κ2) is 4.97. The Morgan fingerprint density at radius 2 is 1.94 bits per heavy atom. The van der Waals surface area contributed by atoms with Gasteiger partial charge in [-0.2, -0.15) is 0 Å². The summed E-state index contributed by atoms with van der Waals surface area (Å²) in [6.45, 7) is 16.2. The van der Waals surface area contributed by atoms with Crippen LogP contribution in [0.5, 0.6) is 0 Å². The van der Waals surface area contributed by atoms with Gasteiger partial charge in [0, 0.05) is 5.54 Å². The minimum absolute atomic E-state index is 0.0107. The first kappa shape index (κ1) is 15.7. The molecule has 1 aliphatic heterocycles. The van der Waals surface area contributed by atoms with Gasteiger partial charge in [0.1, 0.15) is 0 Å². The van der Waals surface area contributed by atoms with Gasteiger partial charge in [-0.1, -0.05) is 20.8 Å². The van der Waals surface area contributed by atoms with Crippen molar-refractivity contribution in [3.05, 3.63) is 0 Å². The van der Waals surface area contributed by atoms with Crippen LogP contribution in [0.4, 0.5) is 0 Å². The molecule has 18 heavy (non-hydrogen) atoms. The van der Waals surface area contributed by atoms with Gasteiger partial charge in [-0.05, 0) is 44.8 Å². The molecule has 0 radical (unpaired) electrons. The quantitative estimate of drug-likeness (QED) is 0.579. The molecule has 0 N–H and O–H groups in total. The van der Waals surface area contributed by atoms with Crippen molar-refractivity contribution in [2.24, 2.45) is 0 Å². The first-order valence-electron chi connectivity index (χ1n) is 6.89. The first-order valence-corrected chi connectivity index (χ1v) is 9.80. The lowest BCUT2D eigenvalue weighted by Crippen LogP contribution is -2.47. The number of nitrogens with zero attached hydrogens (tertiary/aromatic N) is 1. The number of carbonyl (C=O) groups is 1. The van der Waals surface area contributed by atoms with E-state index in [9.17, 15) is 4.79 Å². The minimum Gasteiger partial charge on any atom is -0.415 e. The molecule has 4 heteroatoms. The third-order valence-electron chi connectivity index (χ3n) is 4.74. The van der Waals surface area contributed by atoms with Gasteiger partial charge in [0.2, 0.25) is 6.41 Å². The molecule has 3 nitrogen and oxygen atoms in total. The van der Waals surface area contributed by atoms with E-state index < -0.39 is 8.32 Å². The highest BCUT2D eigenvalue weighted by Crippen LogP contribution is 2.38. The van der Waals surface area contributed by atoms with Crippen molar-refractivity contribution in [2.45, 2.75) is 77.2 Å². The molecule has 0 bridgehead atoms. The summed E-state index contributed by atoms with van der Waals surface area (Å²) in [6, 6.07) is 0.256. The summed E-state index contributed by atoms with van der Waals surface area (Å²) < 4.78 is 6.24. The Hall–Kier alpha value is -0.353. The molecular weight excluding hydrogens is 242 g/mol. The summed E-state index contributed by atoms with van der Waals surface area (Å²) in [4.78, 5) is 13.2. The lowest BCUT2D eigenvalue weighted by molar-refractivity contribution is -0.123. The van der Waals surface area contributed by atoms with E-state index in [1.807, 2.05) is 4.90 Å². The Kier molecular flexibility index (Phi) is 4.33. The van der Waals surface area contributed by atoms with Gasteiger partial charge >= 0.3 is 0 Å². The van der Waals surface area contributed by atoms with Gasteiger partial charge in [0.25, 0.3) is 0 Å². The minimum atomic E-state index is -1.70. The Bertz CT molecular complexity index is 307. The van der Waals surface area contributed by atoms with E-state index in [1.165, 1.54) is 0 Å². The van der Waals surface area contributed by atoms with Gasteiger partial charge in [-0.3, -0.25) is 4.79 Å². The summed E-state index contributed by atoms with van der Waals surface area (Å²) in [5.74, 6) is 0. The lowest BCUT2D eigenvalue weighted by Gasteiger charge is -2.39. The molecule has 1 amide bonds. The van der Waals surface area contributed by atoms with E-state index in [1.54, 1.807) is 0 Å². The molecule has 1 aliphatic rings. The van der Waals surface area contributed by atoms with Crippen LogP contribution in [0, 0.1) is 0 Å². The molecule has 106 valence electrons. The molecule has 0 spiro atoms. The number of hydrogen-bond donors (Lipinski definition) is 0. The van der Waals surface area contributed by atoms with Crippen LogP contribution in [0.15, 0.2) is 0 Å². The predicted molar refractivity (Wildman–Crippen MR) is 78.2 cm³/mol. The van der Waals surface area contributed by atoms with Crippen LogP contribution in [0.25, 0.3) is 0 Å². The average molecular weight is 271 g/mol. The van der Waals surface area contributed by atoms with Crippen molar-refractivity contribution in [3.63, 3.8) is 0 Å². The van der Waals surface area contributed by atoms with E-state index in [4.69, 9.17) is 4.43 Å². The number of rotatable bonds is 4. The standard InChI is InChI=1S/C14H29NO2Si/c1-13(2,3)18(6,7)17-10-12-8-9-14(4,5)15(12)11-16/h11-12H,8-10H2,1-7H3/t12-/m1/s1. The van der Waals surface area contributed by atoms with Crippen molar-refractivity contribution < 1.29 is 9.22 Å². The smallest absolute Gasteiger partial charge is 0.210 e. The molecule has 0 aliphatic carbocycles. The largest absolute Gasteiger partial charge is 0.415 e. The molecule has 0 aromatic heterocycles. The number of likely N-dealkylation sites (tertiary alicyclic amines) is 1. The fraction of sp³-hybridized carbons (Fsp3) is 0.929. The Labute approximate surface area is 113 Å². The molecule has 1 saturated heterocycles. The molecule has 0 aromatic carbocycles. The molecule has 1 atom stereocenters. The molecule has 0 aromatic rings. The van der Waals surface area contributed by atoms with Gasteiger partial charge in [-0.25, -0.2) is 0 Å². The maximum atomic E-state index is 11.2. The molecule has 1 heterocycles. The second-order valence-electron chi connectivity index (χ2n) is 7.59. The van der Waals surface area contributed by atoms with E-state index >= 15 is 0 Å². The second-order valence-corrected chi connectivity index (χ2v) is 12.4. The van der Waals surface area contributed by atoms with Gasteiger partial charge in [0.15, 0.2) is 8.32 Å². The molecule has 0 saturated carbocycles. The zero-order valence-electron chi connectivity index (χ0n) is 13.0. The summed E-state index contributed by atoms with van der Waals surface area (Å²) >= 11 is 0. The topological polar surface area (TPSA) is 29.5 Å². The van der Waals surface area contributed by atoms with Crippen molar-refractivity contribution in [3.8, 4) is 0 Å². The Morgan fingerprint density at radius 1 is 1.39 bits per heavy atom. The van der Waals surface area contributed by atoms with E-state index in [-0.39, 0.29) is 16.6 Å². The summed E-state index contributed by atoms with van der Waals surface area (Å²) in [7, 11) is -1.70. The summed E-state index contributed by atoms with van der Waals surface area (Å²) in [6.07, 6.45) is 3.12. The molecular formula is C14H29NO2Si. The molecule has 1 fully saturated rings. The number of carbonyl (C=O) groups excluding carboxylic acids is 1. The average Bonchev–Trinajstić information content (AvgIpc) is 2.48. The van der Waals surface area contributed by atoms with Crippen LogP contribution in [-0.2, 0) is 9.22 Å². The highest BCUT2D eigenvalue weighted by molar-refractivity contribution is 6.74. The fourth-order valence-electron chi connectivity index (χ4n) is 2.20. The molecule has 1 rings (SSSR count). The zero-order chi connectivity index (χ0) is 14.2. The third kappa shape index (κ3) is 3.15. The van der Waals surface area contributed by atoms with Crippen LogP contribution in [0.2, 0.25) is 18.1 Å². The van der Waals surface area contributed by atoms with Crippen molar-refractivity contribution in [1.29, 1.82) is 0 Å². The van der Waals surface area contributed by atoms with E-state index in [0.717, 1.165) is 19.3 Å². The van der Waals surface area contributed by atoms with Crippen LogP contribution in [0.3, 0.4) is 0 Å². The number of amides is 1. The maximum Gasteiger partial charge on any atom is 0.210 e. The third-order valence-corrected chi connectivity index (χ3v) is 9.24. The van der Waals surface area contributed by atoms with Crippen molar-refractivity contribution in [1.82, 2.24) is 4.90 Å². The van der Waals surface area contributed by atoms with Crippen molar-refractivity contribution in [2.75, 3.05) is 6.61 Å². The summed E-state index contributed by atoms with van der Waals surface area (Å²) in [5, 5.41) is 0.229. The highest BCUT2D eigenvalue weighted by Gasteiger charge is 2.42. The maximum absolute atomic E-state index is 11.2. The first-order chi connectivity index (χ1) is 8.01. The van der Waals surface area contributed by atoms with E-state index in [0.29, 0.717) is 6.61 Å². The predicted octanol–water partition coefficient (Wildman–Crippen LogP) is 3.41. The van der Waals surface area contributed by atoms with Crippen LogP contribution < -0.4 is 0 Å². The molecule has 0 unspecified atom stereocenters. The van der Waals surface area contributed by atoms with Gasteiger partial charge < -0.3 is 9.33 Å². The van der Waals surface area contributed by atoms with E-state index in [2.05, 4.69) is 47.7 Å².